The van der Waals surface area contributed by atoms with Crippen molar-refractivity contribution in [1.82, 2.24) is 24.2 Å². The molecule has 0 spiro atoms. The van der Waals surface area contributed by atoms with Crippen LogP contribution in [0.5, 0.6) is 0 Å². The van der Waals surface area contributed by atoms with E-state index in [1.165, 1.54) is 22.9 Å². The molecule has 0 saturated heterocycles. The van der Waals surface area contributed by atoms with Gasteiger partial charge in [-0.05, 0) is 12.1 Å². The Morgan fingerprint density at radius 3 is 1.94 bits per heavy atom. The fourth-order valence-corrected chi connectivity index (χ4v) is 3.25. The first-order valence-electron chi connectivity index (χ1n) is 10.1. The highest BCUT2D eigenvalue weighted by Gasteiger charge is 2.18. The molecule has 0 aliphatic heterocycles. The van der Waals surface area contributed by atoms with Gasteiger partial charge in [0, 0.05) is 52.6 Å². The number of carbonyl (C=O) groups excluding carboxylic acids is 3. The summed E-state index contributed by atoms with van der Waals surface area (Å²) < 4.78 is 4.48. The van der Waals surface area contributed by atoms with Crippen LogP contribution in [0.25, 0.3) is 0 Å². The topological polar surface area (TPSA) is 200 Å². The maximum absolute atomic E-state index is 12.8. The van der Waals surface area contributed by atoms with Crippen molar-refractivity contribution in [1.29, 1.82) is 0 Å². The van der Waals surface area contributed by atoms with Crippen LogP contribution >= 0.6 is 12.4 Å². The highest BCUT2D eigenvalue weighted by molar-refractivity contribution is 6.07. The van der Waals surface area contributed by atoms with E-state index >= 15 is 0 Å². The number of nitrogens with two attached hydrogens (primary N) is 2. The lowest BCUT2D eigenvalue weighted by atomic mass is 10.3. The number of nitrogens with one attached hydrogen (secondary N) is 3. The van der Waals surface area contributed by atoms with Crippen LogP contribution < -0.4 is 27.4 Å². The average molecular weight is 507 g/mol. The number of oxime groups is 1. The van der Waals surface area contributed by atoms with Crippen molar-refractivity contribution >= 4 is 53.2 Å². The molecular formula is C20H27ClN10O4. The van der Waals surface area contributed by atoms with Gasteiger partial charge in [-0.25, -0.2) is 0 Å². The molecule has 8 N–H and O–H groups in total. The normalized spacial score (nSPS) is 11.0. The fraction of sp³-hybridized carbons (Fsp3) is 0.250. The van der Waals surface area contributed by atoms with E-state index < -0.39 is 11.8 Å². The first-order chi connectivity index (χ1) is 16.1. The smallest absolute Gasteiger partial charge is 0.274 e. The second-order valence-corrected chi connectivity index (χ2v) is 7.53. The van der Waals surface area contributed by atoms with E-state index in [2.05, 4.69) is 26.2 Å². The van der Waals surface area contributed by atoms with Crippen molar-refractivity contribution in [2.24, 2.45) is 32.0 Å². The summed E-state index contributed by atoms with van der Waals surface area (Å²) in [6.45, 7) is 0.185. The third-order valence-corrected chi connectivity index (χ3v) is 4.92. The van der Waals surface area contributed by atoms with Gasteiger partial charge in [0.25, 0.3) is 17.7 Å². The molecule has 14 nitrogen and oxygen atoms in total. The fourth-order valence-electron chi connectivity index (χ4n) is 3.25. The Kier molecular flexibility index (Phi) is 8.50. The Hall–Kier alpha value is -4.46. The van der Waals surface area contributed by atoms with Crippen LogP contribution in [0.3, 0.4) is 0 Å². The highest BCUT2D eigenvalue weighted by Crippen LogP contribution is 2.18. The molecule has 0 saturated carbocycles. The summed E-state index contributed by atoms with van der Waals surface area (Å²) in [7, 11) is 4.93. The molecule has 0 radical (unpaired) electrons. The number of hydrogen-bond donors (Lipinski definition) is 6. The molecule has 0 atom stereocenters. The molecule has 35 heavy (non-hydrogen) atoms. The zero-order chi connectivity index (χ0) is 25.0. The molecule has 0 aliphatic carbocycles. The van der Waals surface area contributed by atoms with Gasteiger partial charge in [-0.1, -0.05) is 5.16 Å². The molecule has 0 fully saturated rings. The number of carbonyl (C=O) groups is 3. The zero-order valence-electron chi connectivity index (χ0n) is 19.3. The van der Waals surface area contributed by atoms with Crippen LogP contribution in [0.4, 0.5) is 17.2 Å². The zero-order valence-corrected chi connectivity index (χ0v) is 20.1. The number of halogens is 1. The van der Waals surface area contributed by atoms with Crippen LogP contribution in [-0.4, -0.2) is 54.2 Å². The Balaban J connectivity index is 0.00000432. The van der Waals surface area contributed by atoms with E-state index in [0.717, 1.165) is 0 Å². The average Bonchev–Trinajstić information content (AvgIpc) is 3.43. The molecule has 15 heteroatoms. The number of anilines is 3. The van der Waals surface area contributed by atoms with Gasteiger partial charge in [-0.2, -0.15) is 5.10 Å². The molecule has 0 aromatic carbocycles. The summed E-state index contributed by atoms with van der Waals surface area (Å²) in [4.78, 5) is 37.6. The molecule has 0 bridgehead atoms. The molecule has 3 rings (SSSR count). The highest BCUT2D eigenvalue weighted by atomic mass is 35.5. The number of rotatable bonds is 8. The van der Waals surface area contributed by atoms with Crippen molar-refractivity contribution in [3.63, 3.8) is 0 Å². The van der Waals surface area contributed by atoms with Gasteiger partial charge in [0.05, 0.1) is 11.4 Å². The number of nitrogen functional groups attached to an aromatic ring is 1. The Labute approximate surface area is 206 Å². The van der Waals surface area contributed by atoms with Crippen molar-refractivity contribution in [3.8, 4) is 0 Å². The molecule has 0 unspecified atom stereocenters. The number of amides is 3. The monoisotopic (exact) mass is 506 g/mol. The molecule has 3 amide bonds. The summed E-state index contributed by atoms with van der Waals surface area (Å²) in [6, 6.07) is 4.50. The van der Waals surface area contributed by atoms with E-state index in [-0.39, 0.29) is 54.3 Å². The first kappa shape index (κ1) is 26.8. The van der Waals surface area contributed by atoms with E-state index in [1.54, 1.807) is 42.7 Å². The van der Waals surface area contributed by atoms with Gasteiger partial charge in [-0.15, -0.1) is 12.4 Å². The lowest BCUT2D eigenvalue weighted by Crippen LogP contribution is -2.29. The predicted molar refractivity (Wildman–Crippen MR) is 132 cm³/mol. The number of nitrogens with zero attached hydrogens (tertiary/aromatic N) is 5. The SMILES string of the molecule is Cl.Cn1cc(NC(=O)c2cc(NC(=O)c3cc(N)nn3C)cn2C)cc1C(=O)NCCC(N)=NO. The number of aromatic nitrogens is 4. The summed E-state index contributed by atoms with van der Waals surface area (Å²) >= 11 is 0. The second kappa shape index (κ2) is 11.1. The quantitative estimate of drug-likeness (QED) is 0.110. The maximum Gasteiger partial charge on any atom is 0.274 e. The van der Waals surface area contributed by atoms with E-state index in [4.69, 9.17) is 16.7 Å². The van der Waals surface area contributed by atoms with Crippen molar-refractivity contribution in [3.05, 3.63) is 47.7 Å². The molecule has 3 aromatic heterocycles. The lowest BCUT2D eigenvalue weighted by molar-refractivity contribution is 0.0944. The molecule has 3 heterocycles. The first-order valence-corrected chi connectivity index (χ1v) is 10.1. The molecular weight excluding hydrogens is 480 g/mol. The van der Waals surface area contributed by atoms with Gasteiger partial charge >= 0.3 is 0 Å². The molecule has 0 aliphatic rings. The Morgan fingerprint density at radius 2 is 1.46 bits per heavy atom. The van der Waals surface area contributed by atoms with Gasteiger partial charge in [0.1, 0.15) is 28.7 Å². The van der Waals surface area contributed by atoms with Gasteiger partial charge in [0.2, 0.25) is 0 Å². The molecule has 188 valence electrons. The standard InChI is InChI=1S/C20H26N10O4.ClH/c1-28-9-11(6-13(28)18(31)23-5-4-16(21)27-34)24-19(32)14-7-12(10-29(14)2)25-20(33)15-8-17(22)26-30(15)3;/h6-10,34H,4-5H2,1-3H3,(H2,21,27)(H2,22,26)(H,23,31)(H,24,32)(H,25,33);1H. The Morgan fingerprint density at radius 1 is 0.943 bits per heavy atom. The maximum atomic E-state index is 12.8. The number of amidine groups is 1. The van der Waals surface area contributed by atoms with Crippen LogP contribution in [0.1, 0.15) is 37.9 Å². The van der Waals surface area contributed by atoms with Gasteiger partial charge in [-0.3, -0.25) is 19.1 Å². The molecule has 3 aromatic rings. The third-order valence-electron chi connectivity index (χ3n) is 4.92. The van der Waals surface area contributed by atoms with Gasteiger partial charge in [0.15, 0.2) is 0 Å². The minimum absolute atomic E-state index is 0. The third kappa shape index (κ3) is 6.32. The van der Waals surface area contributed by atoms with Crippen LogP contribution in [0, 0.1) is 0 Å². The predicted octanol–water partition coefficient (Wildman–Crippen LogP) is 0.472. The minimum Gasteiger partial charge on any atom is -0.409 e. The second-order valence-electron chi connectivity index (χ2n) is 7.53. The summed E-state index contributed by atoms with van der Waals surface area (Å²) in [6.07, 6.45) is 3.38. The van der Waals surface area contributed by atoms with Gasteiger partial charge < -0.3 is 41.8 Å². The number of aryl methyl sites for hydroxylation is 3. The van der Waals surface area contributed by atoms with E-state index in [0.29, 0.717) is 17.1 Å². The van der Waals surface area contributed by atoms with Crippen LogP contribution in [0.15, 0.2) is 35.7 Å². The number of hydrogen-bond acceptors (Lipinski definition) is 7. The summed E-state index contributed by atoms with van der Waals surface area (Å²) in [5, 5.41) is 23.4. The van der Waals surface area contributed by atoms with E-state index in [9.17, 15) is 14.4 Å². The van der Waals surface area contributed by atoms with E-state index in [1.807, 2.05) is 0 Å². The summed E-state index contributed by atoms with van der Waals surface area (Å²) in [5.74, 6) is -1.01. The van der Waals surface area contributed by atoms with Crippen molar-refractivity contribution in [2.45, 2.75) is 6.42 Å². The summed E-state index contributed by atoms with van der Waals surface area (Å²) in [5.41, 5.74) is 12.7. The lowest BCUT2D eigenvalue weighted by Gasteiger charge is -2.04. The Bertz CT molecular complexity index is 1270. The largest absolute Gasteiger partial charge is 0.409 e. The minimum atomic E-state index is -0.433. The van der Waals surface area contributed by atoms with Crippen molar-refractivity contribution < 1.29 is 19.6 Å². The van der Waals surface area contributed by atoms with Crippen molar-refractivity contribution in [2.75, 3.05) is 22.9 Å². The van der Waals surface area contributed by atoms with Crippen LogP contribution in [-0.2, 0) is 21.1 Å². The van der Waals surface area contributed by atoms with Crippen LogP contribution in [0.2, 0.25) is 0 Å².